The van der Waals surface area contributed by atoms with Crippen LogP contribution in [0.1, 0.15) is 5.56 Å². The Morgan fingerprint density at radius 3 is 2.73 bits per heavy atom. The molecule has 0 aliphatic heterocycles. The van der Waals surface area contributed by atoms with Crippen LogP contribution in [0.25, 0.3) is 11.0 Å². The highest BCUT2D eigenvalue weighted by Gasteiger charge is 2.03. The Balaban J connectivity index is 1.42. The van der Waals surface area contributed by atoms with Crippen LogP contribution in [-0.4, -0.2) is 30.0 Å². The van der Waals surface area contributed by atoms with Crippen molar-refractivity contribution in [3.8, 4) is 5.75 Å². The number of hydrogen-bond acceptors (Lipinski definition) is 4. The molecule has 0 aliphatic rings. The minimum Gasteiger partial charge on any atom is -0.492 e. The molecular formula is C18H19NO3. The Morgan fingerprint density at radius 2 is 1.86 bits per heavy atom. The van der Waals surface area contributed by atoms with Gasteiger partial charge in [0.2, 0.25) is 0 Å². The Morgan fingerprint density at radius 1 is 1.00 bits per heavy atom. The van der Waals surface area contributed by atoms with Crippen molar-refractivity contribution in [1.82, 2.24) is 5.06 Å². The molecule has 0 amide bonds. The van der Waals surface area contributed by atoms with E-state index in [1.165, 1.54) is 10.6 Å². The molecule has 0 atom stereocenters. The van der Waals surface area contributed by atoms with Crippen LogP contribution in [0.5, 0.6) is 5.75 Å². The number of benzene rings is 2. The lowest BCUT2D eigenvalue weighted by molar-refractivity contribution is -0.0955. The summed E-state index contributed by atoms with van der Waals surface area (Å²) in [6, 6.07) is 17.7. The zero-order valence-corrected chi connectivity index (χ0v) is 12.3. The fraction of sp³-hybridized carbons (Fsp3) is 0.222. The second kappa shape index (κ2) is 7.11. The molecule has 1 heterocycles. The third-order valence-electron chi connectivity index (χ3n) is 3.54. The first-order valence-corrected chi connectivity index (χ1v) is 7.39. The van der Waals surface area contributed by atoms with Crippen LogP contribution in [0, 0.1) is 0 Å². The van der Waals surface area contributed by atoms with Crippen molar-refractivity contribution < 1.29 is 14.4 Å². The van der Waals surface area contributed by atoms with E-state index < -0.39 is 0 Å². The highest BCUT2D eigenvalue weighted by Crippen LogP contribution is 2.21. The summed E-state index contributed by atoms with van der Waals surface area (Å²) in [6.07, 6.45) is 2.48. The lowest BCUT2D eigenvalue weighted by atomic mass is 10.1. The van der Waals surface area contributed by atoms with Gasteiger partial charge < -0.3 is 14.4 Å². The zero-order chi connectivity index (χ0) is 15.2. The lowest BCUT2D eigenvalue weighted by Gasteiger charge is -2.15. The molecule has 22 heavy (non-hydrogen) atoms. The van der Waals surface area contributed by atoms with Crippen molar-refractivity contribution >= 4 is 11.0 Å². The largest absolute Gasteiger partial charge is 0.492 e. The van der Waals surface area contributed by atoms with Gasteiger partial charge in [-0.25, -0.2) is 0 Å². The fourth-order valence-electron chi connectivity index (χ4n) is 2.32. The number of ether oxygens (including phenoxy) is 1. The van der Waals surface area contributed by atoms with Crippen molar-refractivity contribution in [2.75, 3.05) is 19.7 Å². The van der Waals surface area contributed by atoms with Crippen LogP contribution in [0.4, 0.5) is 0 Å². The third-order valence-corrected chi connectivity index (χ3v) is 3.54. The van der Waals surface area contributed by atoms with E-state index in [2.05, 4.69) is 12.1 Å². The zero-order valence-electron chi connectivity index (χ0n) is 12.3. The molecule has 0 aliphatic carbocycles. The van der Waals surface area contributed by atoms with E-state index in [-0.39, 0.29) is 0 Å². The number of fused-ring (bicyclic) bond motifs is 1. The van der Waals surface area contributed by atoms with E-state index in [0.29, 0.717) is 19.7 Å². The standard InChI is InChI=1S/C18H19NO3/c20-19(10-8-15-4-2-1-3-5-15)11-13-21-17-6-7-18-16(14-17)9-12-22-18/h1-7,9,12,14,20H,8,10-11,13H2. The molecule has 0 saturated carbocycles. The number of rotatable bonds is 7. The molecule has 1 aromatic heterocycles. The first kappa shape index (κ1) is 14.6. The monoisotopic (exact) mass is 297 g/mol. The Hall–Kier alpha value is -2.30. The highest BCUT2D eigenvalue weighted by atomic mass is 16.5. The van der Waals surface area contributed by atoms with Gasteiger partial charge in [0, 0.05) is 11.9 Å². The lowest BCUT2D eigenvalue weighted by Crippen LogP contribution is -2.27. The molecule has 0 unspecified atom stereocenters. The van der Waals surface area contributed by atoms with E-state index in [0.717, 1.165) is 23.1 Å². The average molecular weight is 297 g/mol. The topological polar surface area (TPSA) is 45.8 Å². The van der Waals surface area contributed by atoms with Crippen molar-refractivity contribution in [3.05, 3.63) is 66.4 Å². The second-order valence-corrected chi connectivity index (χ2v) is 5.16. The summed E-state index contributed by atoms with van der Waals surface area (Å²) in [7, 11) is 0. The molecule has 0 saturated heterocycles. The molecule has 114 valence electrons. The molecule has 4 heteroatoms. The summed E-state index contributed by atoms with van der Waals surface area (Å²) in [5.74, 6) is 0.783. The Bertz CT molecular complexity index is 708. The van der Waals surface area contributed by atoms with Crippen molar-refractivity contribution in [3.63, 3.8) is 0 Å². The summed E-state index contributed by atoms with van der Waals surface area (Å²) < 4.78 is 10.9. The summed E-state index contributed by atoms with van der Waals surface area (Å²) in [6.45, 7) is 1.50. The summed E-state index contributed by atoms with van der Waals surface area (Å²) in [4.78, 5) is 0. The number of hydrogen-bond donors (Lipinski definition) is 1. The van der Waals surface area contributed by atoms with E-state index in [1.54, 1.807) is 6.26 Å². The third kappa shape index (κ3) is 3.87. The summed E-state index contributed by atoms with van der Waals surface area (Å²) in [5, 5.41) is 12.2. The van der Waals surface area contributed by atoms with Gasteiger partial charge in [0.15, 0.2) is 0 Å². The maximum Gasteiger partial charge on any atom is 0.134 e. The molecule has 4 nitrogen and oxygen atoms in total. The van der Waals surface area contributed by atoms with Crippen LogP contribution in [0.15, 0.2) is 65.3 Å². The van der Waals surface area contributed by atoms with Crippen LogP contribution < -0.4 is 4.74 Å². The van der Waals surface area contributed by atoms with Crippen LogP contribution in [-0.2, 0) is 6.42 Å². The Labute approximate surface area is 129 Å². The highest BCUT2D eigenvalue weighted by molar-refractivity contribution is 5.78. The minimum absolute atomic E-state index is 0.439. The van der Waals surface area contributed by atoms with Gasteiger partial charge in [0.1, 0.15) is 17.9 Å². The molecule has 0 spiro atoms. The predicted octanol–water partition coefficient (Wildman–Crippen LogP) is 3.75. The molecule has 0 fully saturated rings. The quantitative estimate of drug-likeness (QED) is 0.675. The van der Waals surface area contributed by atoms with Gasteiger partial charge in [-0.1, -0.05) is 30.3 Å². The van der Waals surface area contributed by atoms with Gasteiger partial charge in [-0.15, -0.1) is 0 Å². The molecule has 3 aromatic rings. The number of hydroxylamine groups is 2. The Kier molecular flexibility index (Phi) is 4.73. The van der Waals surface area contributed by atoms with Crippen LogP contribution in [0.2, 0.25) is 0 Å². The smallest absolute Gasteiger partial charge is 0.134 e. The number of nitrogens with zero attached hydrogens (tertiary/aromatic N) is 1. The van der Waals surface area contributed by atoms with E-state index >= 15 is 0 Å². The molecule has 2 aromatic carbocycles. The molecule has 3 rings (SSSR count). The van der Waals surface area contributed by atoms with E-state index in [1.807, 2.05) is 42.5 Å². The summed E-state index contributed by atoms with van der Waals surface area (Å²) in [5.41, 5.74) is 2.06. The van der Waals surface area contributed by atoms with Crippen molar-refractivity contribution in [2.24, 2.45) is 0 Å². The van der Waals surface area contributed by atoms with Gasteiger partial charge >= 0.3 is 0 Å². The maximum atomic E-state index is 9.87. The van der Waals surface area contributed by atoms with Gasteiger partial charge in [0.25, 0.3) is 0 Å². The van der Waals surface area contributed by atoms with E-state index in [4.69, 9.17) is 9.15 Å². The molecule has 0 radical (unpaired) electrons. The van der Waals surface area contributed by atoms with Crippen LogP contribution in [0.3, 0.4) is 0 Å². The van der Waals surface area contributed by atoms with Gasteiger partial charge in [0.05, 0.1) is 12.8 Å². The van der Waals surface area contributed by atoms with Gasteiger partial charge in [-0.05, 0) is 36.2 Å². The van der Waals surface area contributed by atoms with E-state index in [9.17, 15) is 5.21 Å². The predicted molar refractivity (Wildman–Crippen MR) is 85.2 cm³/mol. The van der Waals surface area contributed by atoms with Crippen LogP contribution >= 0.6 is 0 Å². The van der Waals surface area contributed by atoms with Gasteiger partial charge in [-0.2, -0.15) is 5.06 Å². The first-order valence-electron chi connectivity index (χ1n) is 7.39. The van der Waals surface area contributed by atoms with Crippen molar-refractivity contribution in [1.29, 1.82) is 0 Å². The summed E-state index contributed by atoms with van der Waals surface area (Å²) >= 11 is 0. The second-order valence-electron chi connectivity index (χ2n) is 5.16. The molecule has 1 N–H and O–H groups in total. The maximum absolute atomic E-state index is 9.87. The SMILES string of the molecule is ON(CCOc1ccc2occc2c1)CCc1ccccc1. The number of furan rings is 1. The normalized spacial score (nSPS) is 11.2. The van der Waals surface area contributed by atoms with Gasteiger partial charge in [-0.3, -0.25) is 0 Å². The minimum atomic E-state index is 0.439. The van der Waals surface area contributed by atoms with Crippen molar-refractivity contribution in [2.45, 2.75) is 6.42 Å². The first-order chi connectivity index (χ1) is 10.8. The fourth-order valence-corrected chi connectivity index (χ4v) is 2.32. The average Bonchev–Trinajstić information content (AvgIpc) is 3.02. The molecule has 0 bridgehead atoms. The molecular weight excluding hydrogens is 278 g/mol.